The summed E-state index contributed by atoms with van der Waals surface area (Å²) in [4.78, 5) is 9.60. The Bertz CT molecular complexity index is 285. The van der Waals surface area contributed by atoms with Crippen LogP contribution in [0.5, 0.6) is 0 Å². The topological polar surface area (TPSA) is 70.8 Å². The van der Waals surface area contributed by atoms with Gasteiger partial charge in [0.1, 0.15) is 6.10 Å². The first-order valence-electron chi connectivity index (χ1n) is 4.79. The van der Waals surface area contributed by atoms with Crippen LogP contribution >= 0.6 is 0 Å². The van der Waals surface area contributed by atoms with Crippen molar-refractivity contribution in [2.75, 3.05) is 0 Å². The summed E-state index contributed by atoms with van der Waals surface area (Å²) in [7, 11) is 0. The van der Waals surface area contributed by atoms with E-state index in [1.165, 1.54) is 6.08 Å². The fourth-order valence-corrected chi connectivity index (χ4v) is 1.83. The summed E-state index contributed by atoms with van der Waals surface area (Å²) in [6, 6.07) is 0. The van der Waals surface area contributed by atoms with Gasteiger partial charge < -0.3 is 14.2 Å². The van der Waals surface area contributed by atoms with Gasteiger partial charge in [0.2, 0.25) is 6.20 Å². The summed E-state index contributed by atoms with van der Waals surface area (Å²) in [6.45, 7) is 3.63. The highest BCUT2D eigenvalue weighted by Crippen LogP contribution is 2.37. The maximum absolute atomic E-state index is 10.1. The first kappa shape index (κ1) is 10.5. The van der Waals surface area contributed by atoms with Crippen molar-refractivity contribution in [3.63, 3.8) is 0 Å². The van der Waals surface area contributed by atoms with Crippen molar-refractivity contribution in [1.29, 1.82) is 0 Å². The molecule has 6 heteroatoms. The van der Waals surface area contributed by atoms with Crippen LogP contribution in [0.1, 0.15) is 20.3 Å². The van der Waals surface area contributed by atoms with Gasteiger partial charge in [-0.25, -0.2) is 0 Å². The Balaban J connectivity index is 1.91. The molecule has 84 valence electrons. The quantitative estimate of drug-likeness (QED) is 0.508. The molecular weight excluding hydrogens is 202 g/mol. The molecule has 3 atom stereocenters. The van der Waals surface area contributed by atoms with Crippen molar-refractivity contribution in [3.05, 3.63) is 22.4 Å². The summed E-state index contributed by atoms with van der Waals surface area (Å²) in [5, 5.41) is 10.1. The van der Waals surface area contributed by atoms with Crippen molar-refractivity contribution in [2.45, 2.75) is 44.6 Å². The third kappa shape index (κ3) is 2.34. The van der Waals surface area contributed by atoms with E-state index in [0.29, 0.717) is 6.42 Å². The Kier molecular flexibility index (Phi) is 2.49. The van der Waals surface area contributed by atoms with Crippen LogP contribution in [-0.2, 0) is 14.2 Å². The number of rotatable bonds is 2. The molecule has 2 aliphatic heterocycles. The summed E-state index contributed by atoms with van der Waals surface area (Å²) < 4.78 is 16.5. The highest BCUT2D eigenvalue weighted by atomic mass is 16.8. The molecule has 2 rings (SSSR count). The van der Waals surface area contributed by atoms with Crippen LogP contribution in [0.2, 0.25) is 0 Å². The van der Waals surface area contributed by atoms with Gasteiger partial charge in [-0.2, -0.15) is 0 Å². The molecule has 0 bridgehead atoms. The van der Waals surface area contributed by atoms with Crippen LogP contribution < -0.4 is 0 Å². The zero-order chi connectivity index (χ0) is 11.1. The lowest BCUT2D eigenvalue weighted by Gasteiger charge is -2.18. The van der Waals surface area contributed by atoms with E-state index in [2.05, 4.69) is 0 Å². The molecule has 0 unspecified atom stereocenters. The minimum Gasteiger partial charge on any atom is -0.342 e. The first-order valence-corrected chi connectivity index (χ1v) is 4.79. The Hall–Kier alpha value is -0.980. The molecule has 0 aromatic carbocycles. The molecule has 0 aromatic heterocycles. The van der Waals surface area contributed by atoms with E-state index in [0.717, 1.165) is 6.20 Å². The number of hydrogen-bond donors (Lipinski definition) is 0. The van der Waals surface area contributed by atoms with Gasteiger partial charge in [-0.1, -0.05) is 0 Å². The maximum Gasteiger partial charge on any atom is 0.233 e. The van der Waals surface area contributed by atoms with E-state index in [9.17, 15) is 10.1 Å². The molecule has 0 aromatic rings. The number of hydrogen-bond acceptors (Lipinski definition) is 5. The van der Waals surface area contributed by atoms with Gasteiger partial charge in [0, 0.05) is 12.5 Å². The average molecular weight is 215 g/mol. The summed E-state index contributed by atoms with van der Waals surface area (Å²) in [5.74, 6) is -0.618. The second kappa shape index (κ2) is 3.55. The molecule has 2 aliphatic rings. The normalized spacial score (nSPS) is 38.4. The van der Waals surface area contributed by atoms with Crippen LogP contribution in [0.3, 0.4) is 0 Å². The predicted molar refractivity (Wildman–Crippen MR) is 49.4 cm³/mol. The Labute approximate surface area is 87.0 Å². The molecule has 15 heavy (non-hydrogen) atoms. The fourth-order valence-electron chi connectivity index (χ4n) is 1.83. The van der Waals surface area contributed by atoms with Crippen molar-refractivity contribution in [1.82, 2.24) is 0 Å². The lowest BCUT2D eigenvalue weighted by atomic mass is 10.2. The van der Waals surface area contributed by atoms with Crippen molar-refractivity contribution >= 4 is 0 Å². The largest absolute Gasteiger partial charge is 0.342 e. The zero-order valence-corrected chi connectivity index (χ0v) is 8.58. The second-order valence-corrected chi connectivity index (χ2v) is 4.08. The molecular formula is C9H13NO5. The van der Waals surface area contributed by atoms with Gasteiger partial charge in [-0.15, -0.1) is 0 Å². The van der Waals surface area contributed by atoms with Crippen LogP contribution in [0.4, 0.5) is 0 Å². The number of ether oxygens (including phenoxy) is 3. The van der Waals surface area contributed by atoms with Gasteiger partial charge in [-0.05, 0) is 13.8 Å². The van der Waals surface area contributed by atoms with Crippen molar-refractivity contribution < 1.29 is 19.1 Å². The fraction of sp³-hybridized carbons (Fsp3) is 0.778. The standard InChI is InChI=1S/C9H13NO5/c1-9(2)14-7-5-6(3-4-10(11)12)13-8(7)15-9/h3-4,6-8H,5H2,1-2H3/b4-3+/t6-,7-,8-/m1/s1. The van der Waals surface area contributed by atoms with Crippen LogP contribution in [-0.4, -0.2) is 29.2 Å². The van der Waals surface area contributed by atoms with Crippen LogP contribution in [0.15, 0.2) is 12.3 Å². The Morgan fingerprint density at radius 2 is 2.20 bits per heavy atom. The smallest absolute Gasteiger partial charge is 0.233 e. The highest BCUT2D eigenvalue weighted by molar-refractivity contribution is 4.94. The lowest BCUT2D eigenvalue weighted by Crippen LogP contribution is -2.24. The average Bonchev–Trinajstić information content (AvgIpc) is 2.53. The number of fused-ring (bicyclic) bond motifs is 1. The Morgan fingerprint density at radius 3 is 2.80 bits per heavy atom. The Morgan fingerprint density at radius 1 is 1.47 bits per heavy atom. The second-order valence-electron chi connectivity index (χ2n) is 4.08. The molecule has 0 spiro atoms. The van der Waals surface area contributed by atoms with Gasteiger partial charge in [0.15, 0.2) is 12.1 Å². The minimum absolute atomic E-state index is 0.124. The predicted octanol–water partition coefficient (Wildman–Crippen LogP) is 1.04. The molecule has 2 fully saturated rings. The van der Waals surface area contributed by atoms with Crippen LogP contribution in [0, 0.1) is 10.1 Å². The molecule has 0 N–H and O–H groups in total. The maximum atomic E-state index is 10.1. The van der Waals surface area contributed by atoms with Gasteiger partial charge >= 0.3 is 0 Å². The number of nitrogens with zero attached hydrogens (tertiary/aromatic N) is 1. The summed E-state index contributed by atoms with van der Waals surface area (Å²) in [5.41, 5.74) is 0. The summed E-state index contributed by atoms with van der Waals surface area (Å²) >= 11 is 0. The third-order valence-corrected chi connectivity index (χ3v) is 2.33. The number of nitro groups is 1. The SMILES string of the molecule is CC1(C)O[C@H]2O[C@H](/C=C/[N+](=O)[O-])C[C@H]2O1. The van der Waals surface area contributed by atoms with E-state index < -0.39 is 17.0 Å². The molecule has 0 radical (unpaired) electrons. The van der Waals surface area contributed by atoms with E-state index in [4.69, 9.17) is 14.2 Å². The molecule has 0 aliphatic carbocycles. The van der Waals surface area contributed by atoms with E-state index in [1.807, 2.05) is 13.8 Å². The van der Waals surface area contributed by atoms with Crippen molar-refractivity contribution in [3.8, 4) is 0 Å². The summed E-state index contributed by atoms with van der Waals surface area (Å²) in [6.07, 6.45) is 2.08. The molecule has 0 amide bonds. The first-order chi connectivity index (χ1) is 6.96. The van der Waals surface area contributed by atoms with Crippen molar-refractivity contribution in [2.24, 2.45) is 0 Å². The molecule has 0 saturated carbocycles. The monoisotopic (exact) mass is 215 g/mol. The molecule has 6 nitrogen and oxygen atoms in total. The van der Waals surface area contributed by atoms with Gasteiger partial charge in [-0.3, -0.25) is 10.1 Å². The van der Waals surface area contributed by atoms with E-state index in [1.54, 1.807) is 0 Å². The minimum atomic E-state index is -0.618. The van der Waals surface area contributed by atoms with Gasteiger partial charge in [0.05, 0.1) is 11.0 Å². The van der Waals surface area contributed by atoms with E-state index in [-0.39, 0.29) is 12.2 Å². The van der Waals surface area contributed by atoms with Gasteiger partial charge in [0.25, 0.3) is 0 Å². The highest BCUT2D eigenvalue weighted by Gasteiger charge is 2.48. The molecule has 2 saturated heterocycles. The zero-order valence-electron chi connectivity index (χ0n) is 8.58. The van der Waals surface area contributed by atoms with E-state index >= 15 is 0 Å². The molecule has 2 heterocycles. The lowest BCUT2D eigenvalue weighted by molar-refractivity contribution is -0.403. The third-order valence-electron chi connectivity index (χ3n) is 2.33. The van der Waals surface area contributed by atoms with Crippen LogP contribution in [0.25, 0.3) is 0 Å².